The topological polar surface area (TPSA) is 80.0 Å². The lowest BCUT2D eigenvalue weighted by atomic mass is 10.4. The molecule has 98 valence electrons. The van der Waals surface area contributed by atoms with E-state index in [0.29, 0.717) is 25.7 Å². The predicted octanol–water partition coefficient (Wildman–Crippen LogP) is -0.446. The van der Waals surface area contributed by atoms with Crippen molar-refractivity contribution in [2.24, 2.45) is 10.7 Å². The number of amides is 1. The zero-order valence-electron chi connectivity index (χ0n) is 9.72. The van der Waals surface area contributed by atoms with Crippen LogP contribution in [-0.4, -0.2) is 56.2 Å². The molecule has 0 aromatic heterocycles. The average molecular weight is 354 g/mol. The molecular weight excluding hydrogens is 335 g/mol. The standard InChI is InChI=1S/C10H18N4O2.HI/c1-2-3-12-9(15)8-13-10(11)14-4-6-16-7-5-14;/h2H,1,3-8H2,(H2,11,13)(H,12,15);1H. The SMILES string of the molecule is C=CCNC(=O)CN=C(N)N1CCOCC1.I. The quantitative estimate of drug-likeness (QED) is 0.310. The highest BCUT2D eigenvalue weighted by atomic mass is 127. The van der Waals surface area contributed by atoms with Crippen molar-refractivity contribution >= 4 is 35.8 Å². The fourth-order valence-electron chi connectivity index (χ4n) is 1.29. The summed E-state index contributed by atoms with van der Waals surface area (Å²) in [5.41, 5.74) is 5.75. The highest BCUT2D eigenvalue weighted by Gasteiger charge is 2.12. The Labute approximate surface area is 118 Å². The van der Waals surface area contributed by atoms with Gasteiger partial charge in [-0.05, 0) is 0 Å². The van der Waals surface area contributed by atoms with Gasteiger partial charge in [0.15, 0.2) is 5.96 Å². The maximum Gasteiger partial charge on any atom is 0.242 e. The van der Waals surface area contributed by atoms with E-state index in [2.05, 4.69) is 16.9 Å². The summed E-state index contributed by atoms with van der Waals surface area (Å²) in [4.78, 5) is 17.2. The van der Waals surface area contributed by atoms with Crippen LogP contribution < -0.4 is 11.1 Å². The number of carbonyl (C=O) groups is 1. The molecular formula is C10H19IN4O2. The zero-order chi connectivity index (χ0) is 11.8. The maximum atomic E-state index is 11.2. The first kappa shape index (κ1) is 16.2. The fourth-order valence-corrected chi connectivity index (χ4v) is 1.29. The largest absolute Gasteiger partial charge is 0.378 e. The Morgan fingerprint density at radius 3 is 2.76 bits per heavy atom. The van der Waals surface area contributed by atoms with Gasteiger partial charge in [0.05, 0.1) is 13.2 Å². The molecule has 0 atom stereocenters. The van der Waals surface area contributed by atoms with E-state index in [0.717, 1.165) is 13.1 Å². The Morgan fingerprint density at radius 2 is 2.18 bits per heavy atom. The van der Waals surface area contributed by atoms with E-state index >= 15 is 0 Å². The lowest BCUT2D eigenvalue weighted by molar-refractivity contribution is -0.119. The van der Waals surface area contributed by atoms with Crippen molar-refractivity contribution in [1.82, 2.24) is 10.2 Å². The molecule has 0 saturated carbocycles. The molecule has 7 heteroatoms. The Balaban J connectivity index is 0.00000256. The number of morpholine rings is 1. The van der Waals surface area contributed by atoms with Gasteiger partial charge in [-0.3, -0.25) is 4.79 Å². The fraction of sp³-hybridized carbons (Fsp3) is 0.600. The van der Waals surface area contributed by atoms with Crippen LogP contribution in [0.15, 0.2) is 17.6 Å². The summed E-state index contributed by atoms with van der Waals surface area (Å²) in [5, 5.41) is 2.63. The second kappa shape index (κ2) is 9.23. The lowest BCUT2D eigenvalue weighted by Crippen LogP contribution is -2.45. The van der Waals surface area contributed by atoms with Crippen LogP contribution in [0.4, 0.5) is 0 Å². The van der Waals surface area contributed by atoms with Gasteiger partial charge in [-0.25, -0.2) is 4.99 Å². The number of ether oxygens (including phenoxy) is 1. The Morgan fingerprint density at radius 1 is 1.53 bits per heavy atom. The number of nitrogens with zero attached hydrogens (tertiary/aromatic N) is 2. The van der Waals surface area contributed by atoms with Gasteiger partial charge in [-0.15, -0.1) is 30.6 Å². The van der Waals surface area contributed by atoms with Crippen LogP contribution in [-0.2, 0) is 9.53 Å². The van der Waals surface area contributed by atoms with Gasteiger partial charge in [0.25, 0.3) is 0 Å². The van der Waals surface area contributed by atoms with Gasteiger partial charge < -0.3 is 20.7 Å². The van der Waals surface area contributed by atoms with Crippen molar-refractivity contribution in [3.63, 3.8) is 0 Å². The van der Waals surface area contributed by atoms with E-state index in [9.17, 15) is 4.79 Å². The van der Waals surface area contributed by atoms with Crippen molar-refractivity contribution < 1.29 is 9.53 Å². The van der Waals surface area contributed by atoms with Crippen molar-refractivity contribution in [2.45, 2.75) is 0 Å². The normalized spacial score (nSPS) is 16.0. The van der Waals surface area contributed by atoms with Crippen LogP contribution in [0.3, 0.4) is 0 Å². The second-order valence-electron chi connectivity index (χ2n) is 3.37. The number of guanidine groups is 1. The van der Waals surface area contributed by atoms with Gasteiger partial charge in [-0.1, -0.05) is 6.08 Å². The summed E-state index contributed by atoms with van der Waals surface area (Å²) in [7, 11) is 0. The molecule has 1 fully saturated rings. The molecule has 1 amide bonds. The average Bonchev–Trinajstić information content (AvgIpc) is 2.34. The number of nitrogens with one attached hydrogen (secondary N) is 1. The van der Waals surface area contributed by atoms with Gasteiger partial charge in [0, 0.05) is 19.6 Å². The molecule has 1 aliphatic heterocycles. The van der Waals surface area contributed by atoms with Crippen molar-refractivity contribution in [3.05, 3.63) is 12.7 Å². The van der Waals surface area contributed by atoms with Crippen LogP contribution in [0.5, 0.6) is 0 Å². The van der Waals surface area contributed by atoms with Crippen LogP contribution in [0.1, 0.15) is 0 Å². The van der Waals surface area contributed by atoms with Crippen LogP contribution in [0.25, 0.3) is 0 Å². The molecule has 0 radical (unpaired) electrons. The highest BCUT2D eigenvalue weighted by Crippen LogP contribution is 1.95. The van der Waals surface area contributed by atoms with Crippen LogP contribution in [0.2, 0.25) is 0 Å². The molecule has 0 unspecified atom stereocenters. The predicted molar refractivity (Wildman–Crippen MR) is 77.5 cm³/mol. The van der Waals surface area contributed by atoms with E-state index < -0.39 is 0 Å². The Bertz CT molecular complexity index is 277. The van der Waals surface area contributed by atoms with Gasteiger partial charge in [0.1, 0.15) is 6.54 Å². The first-order valence-corrected chi connectivity index (χ1v) is 5.24. The molecule has 6 nitrogen and oxygen atoms in total. The third kappa shape index (κ3) is 6.47. The minimum absolute atomic E-state index is 0. The zero-order valence-corrected chi connectivity index (χ0v) is 12.1. The van der Waals surface area contributed by atoms with E-state index in [1.807, 2.05) is 4.90 Å². The molecule has 0 aromatic rings. The number of aliphatic imine (C=N–C) groups is 1. The molecule has 3 N–H and O–H groups in total. The molecule has 1 heterocycles. The first-order chi connectivity index (χ1) is 7.74. The first-order valence-electron chi connectivity index (χ1n) is 5.24. The monoisotopic (exact) mass is 354 g/mol. The summed E-state index contributed by atoms with van der Waals surface area (Å²) >= 11 is 0. The third-order valence-corrected chi connectivity index (χ3v) is 2.16. The van der Waals surface area contributed by atoms with Gasteiger partial charge in [0.2, 0.25) is 5.91 Å². The van der Waals surface area contributed by atoms with Crippen LogP contribution >= 0.6 is 24.0 Å². The third-order valence-electron chi connectivity index (χ3n) is 2.16. The number of halogens is 1. The summed E-state index contributed by atoms with van der Waals surface area (Å²) in [6.45, 7) is 6.76. The van der Waals surface area contributed by atoms with Crippen molar-refractivity contribution in [1.29, 1.82) is 0 Å². The van der Waals surface area contributed by atoms with Gasteiger partial charge >= 0.3 is 0 Å². The number of hydrogen-bond acceptors (Lipinski definition) is 3. The Kier molecular flexibility index (Phi) is 8.78. The molecule has 1 aliphatic rings. The maximum absolute atomic E-state index is 11.2. The number of hydrogen-bond donors (Lipinski definition) is 2. The number of rotatable bonds is 4. The summed E-state index contributed by atoms with van der Waals surface area (Å²) in [5.74, 6) is 0.244. The van der Waals surface area contributed by atoms with E-state index in [1.165, 1.54) is 0 Å². The minimum atomic E-state index is -0.156. The van der Waals surface area contributed by atoms with E-state index in [4.69, 9.17) is 10.5 Å². The molecule has 0 spiro atoms. The second-order valence-corrected chi connectivity index (χ2v) is 3.37. The van der Waals surface area contributed by atoms with E-state index in [-0.39, 0.29) is 36.4 Å². The summed E-state index contributed by atoms with van der Waals surface area (Å²) in [6, 6.07) is 0. The lowest BCUT2D eigenvalue weighted by Gasteiger charge is -2.27. The summed E-state index contributed by atoms with van der Waals surface area (Å²) < 4.78 is 5.19. The molecule has 1 rings (SSSR count). The highest BCUT2D eigenvalue weighted by molar-refractivity contribution is 14.0. The molecule has 0 aliphatic carbocycles. The van der Waals surface area contributed by atoms with Crippen molar-refractivity contribution in [3.8, 4) is 0 Å². The minimum Gasteiger partial charge on any atom is -0.378 e. The molecule has 17 heavy (non-hydrogen) atoms. The Hall–Kier alpha value is -0.830. The summed E-state index contributed by atoms with van der Waals surface area (Å²) in [6.07, 6.45) is 1.62. The van der Waals surface area contributed by atoms with Crippen molar-refractivity contribution in [2.75, 3.05) is 39.4 Å². The smallest absolute Gasteiger partial charge is 0.242 e. The molecule has 1 saturated heterocycles. The van der Waals surface area contributed by atoms with Gasteiger partial charge in [-0.2, -0.15) is 0 Å². The molecule has 0 aromatic carbocycles. The van der Waals surface area contributed by atoms with Crippen LogP contribution in [0, 0.1) is 0 Å². The number of nitrogens with two attached hydrogens (primary N) is 1. The molecule has 0 bridgehead atoms. The van der Waals surface area contributed by atoms with E-state index in [1.54, 1.807) is 6.08 Å². The number of carbonyl (C=O) groups excluding carboxylic acids is 1.